The van der Waals surface area contributed by atoms with Crippen LogP contribution in [-0.2, 0) is 24.2 Å². The average Bonchev–Trinajstić information content (AvgIpc) is 2.84. The Morgan fingerprint density at radius 1 is 1.43 bits per heavy atom. The molecule has 1 aliphatic heterocycles. The van der Waals surface area contributed by atoms with Gasteiger partial charge in [0.1, 0.15) is 5.78 Å². The van der Waals surface area contributed by atoms with E-state index >= 15 is 0 Å². The lowest BCUT2D eigenvalue weighted by Gasteiger charge is -2.08. The summed E-state index contributed by atoms with van der Waals surface area (Å²) in [4.78, 5) is 23.7. The summed E-state index contributed by atoms with van der Waals surface area (Å²) in [6.07, 6.45) is 0.299. The first kappa shape index (κ1) is 13.4. The number of benzene rings is 1. The largest absolute Gasteiger partial charge is 0.392 e. The highest BCUT2D eigenvalue weighted by molar-refractivity contribution is 5.95. The number of carbonyl (C=O) groups is 2. The van der Waals surface area contributed by atoms with Crippen molar-refractivity contribution < 1.29 is 14.7 Å². The van der Waals surface area contributed by atoms with Crippen molar-refractivity contribution in [2.24, 2.45) is 5.84 Å². The van der Waals surface area contributed by atoms with Crippen LogP contribution in [0.25, 0.3) is 5.69 Å². The van der Waals surface area contributed by atoms with E-state index in [1.165, 1.54) is 4.68 Å². The third-order valence-electron chi connectivity index (χ3n) is 3.42. The number of Topliss-reactive ketones (excluding diaryl/α,β-unsaturated/α-hetero) is 1. The minimum atomic E-state index is -0.592. The van der Waals surface area contributed by atoms with Gasteiger partial charge in [0.2, 0.25) is 0 Å². The Morgan fingerprint density at radius 2 is 2.24 bits per heavy atom. The molecule has 0 bridgehead atoms. The highest BCUT2D eigenvalue weighted by Gasteiger charge is 2.26. The quantitative estimate of drug-likeness (QED) is 0.371. The maximum Gasteiger partial charge on any atom is 0.287 e. The second kappa shape index (κ2) is 5.08. The number of nitrogens with two attached hydrogens (primary N) is 1. The predicted molar refractivity (Wildman–Crippen MR) is 71.4 cm³/mol. The highest BCUT2D eigenvalue weighted by atomic mass is 16.3. The summed E-state index contributed by atoms with van der Waals surface area (Å²) >= 11 is 0. The fraction of sp³-hybridized carbons (Fsp3) is 0.231. The van der Waals surface area contributed by atoms with Gasteiger partial charge in [-0.1, -0.05) is 17.3 Å². The molecule has 8 heteroatoms. The molecule has 1 amide bonds. The normalized spacial score (nSPS) is 13.3. The summed E-state index contributed by atoms with van der Waals surface area (Å²) in [6.45, 7) is -0.124. The van der Waals surface area contributed by atoms with E-state index in [1.807, 2.05) is 5.43 Å². The molecule has 0 unspecified atom stereocenters. The minimum Gasteiger partial charge on any atom is -0.392 e. The monoisotopic (exact) mass is 287 g/mol. The summed E-state index contributed by atoms with van der Waals surface area (Å²) in [6, 6.07) is 5.26. The molecule has 8 nitrogen and oxygen atoms in total. The maximum absolute atomic E-state index is 12.0. The molecule has 0 saturated heterocycles. The highest BCUT2D eigenvalue weighted by Crippen LogP contribution is 2.24. The van der Waals surface area contributed by atoms with Crippen LogP contribution in [0.1, 0.15) is 27.3 Å². The molecule has 0 spiro atoms. The van der Waals surface area contributed by atoms with Crippen LogP contribution in [0.15, 0.2) is 18.2 Å². The first-order chi connectivity index (χ1) is 10.1. The third-order valence-corrected chi connectivity index (χ3v) is 3.42. The predicted octanol–water partition coefficient (Wildman–Crippen LogP) is -0.969. The molecule has 1 aromatic carbocycles. The van der Waals surface area contributed by atoms with Gasteiger partial charge in [0.05, 0.1) is 24.4 Å². The van der Waals surface area contributed by atoms with Gasteiger partial charge in [-0.25, -0.2) is 10.5 Å². The molecule has 0 fully saturated rings. The number of nitrogens with one attached hydrogen (secondary N) is 1. The van der Waals surface area contributed by atoms with Gasteiger partial charge < -0.3 is 5.11 Å². The van der Waals surface area contributed by atoms with Crippen LogP contribution in [0.5, 0.6) is 0 Å². The van der Waals surface area contributed by atoms with Gasteiger partial charge in [0, 0.05) is 6.42 Å². The molecule has 2 aromatic rings. The van der Waals surface area contributed by atoms with E-state index in [9.17, 15) is 14.7 Å². The number of carbonyl (C=O) groups excluding carboxylic acids is 2. The van der Waals surface area contributed by atoms with E-state index in [-0.39, 0.29) is 30.9 Å². The fourth-order valence-corrected chi connectivity index (χ4v) is 2.41. The van der Waals surface area contributed by atoms with Crippen LogP contribution in [0, 0.1) is 0 Å². The molecule has 3 rings (SSSR count). The van der Waals surface area contributed by atoms with E-state index in [0.29, 0.717) is 16.9 Å². The van der Waals surface area contributed by atoms with Gasteiger partial charge in [-0.15, -0.1) is 5.10 Å². The van der Waals surface area contributed by atoms with E-state index in [2.05, 4.69) is 10.3 Å². The number of aliphatic hydroxyl groups is 1. The standard InChI is InChI=1S/C13H13N5O3/c14-15-13(21)12-11-5-9(20)4-8-2-1-7(6-19)3-10(8)18(11)17-16-12/h1-3,19H,4-6,14H2,(H,15,21). The summed E-state index contributed by atoms with van der Waals surface area (Å²) < 4.78 is 1.46. The van der Waals surface area contributed by atoms with Crippen molar-refractivity contribution in [3.05, 3.63) is 40.7 Å². The molecule has 21 heavy (non-hydrogen) atoms. The Hall–Kier alpha value is -2.58. The topological polar surface area (TPSA) is 123 Å². The van der Waals surface area contributed by atoms with Gasteiger partial charge in [0.25, 0.3) is 5.91 Å². The van der Waals surface area contributed by atoms with Crippen molar-refractivity contribution in [3.8, 4) is 5.69 Å². The van der Waals surface area contributed by atoms with Crippen LogP contribution < -0.4 is 11.3 Å². The van der Waals surface area contributed by atoms with Gasteiger partial charge in [-0.05, 0) is 17.2 Å². The Balaban J connectivity index is 2.22. The molecule has 1 aromatic heterocycles. The lowest BCUT2D eigenvalue weighted by molar-refractivity contribution is -0.117. The van der Waals surface area contributed by atoms with Crippen molar-refractivity contribution in [1.29, 1.82) is 0 Å². The van der Waals surface area contributed by atoms with E-state index in [4.69, 9.17) is 5.84 Å². The minimum absolute atomic E-state index is 0.0353. The third kappa shape index (κ3) is 2.20. The van der Waals surface area contributed by atoms with Gasteiger partial charge in [-0.2, -0.15) is 0 Å². The molecule has 108 valence electrons. The van der Waals surface area contributed by atoms with Crippen molar-refractivity contribution >= 4 is 11.7 Å². The smallest absolute Gasteiger partial charge is 0.287 e. The molecule has 0 atom stereocenters. The zero-order valence-corrected chi connectivity index (χ0v) is 11.0. The summed E-state index contributed by atoms with van der Waals surface area (Å²) in [7, 11) is 0. The Labute approximate surface area is 119 Å². The lowest BCUT2D eigenvalue weighted by Crippen LogP contribution is -2.31. The molecule has 1 aliphatic rings. The van der Waals surface area contributed by atoms with Crippen LogP contribution >= 0.6 is 0 Å². The number of aromatic nitrogens is 3. The number of aliphatic hydroxyl groups excluding tert-OH is 1. The first-order valence-electron chi connectivity index (χ1n) is 6.34. The average molecular weight is 287 g/mol. The SMILES string of the molecule is NNC(=O)c1nnn2c1CC(=O)Cc1ccc(CO)cc1-2. The van der Waals surface area contributed by atoms with Crippen LogP contribution in [0.2, 0.25) is 0 Å². The van der Waals surface area contributed by atoms with Gasteiger partial charge >= 0.3 is 0 Å². The molecule has 0 saturated carbocycles. The van der Waals surface area contributed by atoms with Crippen LogP contribution in [0.4, 0.5) is 0 Å². The molecule has 2 heterocycles. The second-order valence-electron chi connectivity index (χ2n) is 4.78. The van der Waals surface area contributed by atoms with Crippen LogP contribution in [0.3, 0.4) is 0 Å². The molecular weight excluding hydrogens is 274 g/mol. The van der Waals surface area contributed by atoms with E-state index in [0.717, 1.165) is 5.56 Å². The Bertz CT molecular complexity index is 737. The van der Waals surface area contributed by atoms with E-state index < -0.39 is 5.91 Å². The Kier molecular flexibility index (Phi) is 3.24. The molecule has 4 N–H and O–H groups in total. The number of amides is 1. The second-order valence-corrected chi connectivity index (χ2v) is 4.78. The number of fused-ring (bicyclic) bond motifs is 3. The summed E-state index contributed by atoms with van der Waals surface area (Å²) in [5.74, 6) is 4.48. The summed E-state index contributed by atoms with van der Waals surface area (Å²) in [5, 5.41) is 17.0. The van der Waals surface area contributed by atoms with Crippen LogP contribution in [-0.4, -0.2) is 31.8 Å². The van der Waals surface area contributed by atoms with Crippen molar-refractivity contribution in [1.82, 2.24) is 20.4 Å². The van der Waals surface area contributed by atoms with Crippen molar-refractivity contribution in [3.63, 3.8) is 0 Å². The van der Waals surface area contributed by atoms with Gasteiger partial charge in [-0.3, -0.25) is 15.0 Å². The van der Waals surface area contributed by atoms with Crippen molar-refractivity contribution in [2.45, 2.75) is 19.4 Å². The number of nitrogen functional groups attached to an aromatic ring is 1. The first-order valence-corrected chi connectivity index (χ1v) is 6.34. The number of ketones is 1. The number of hydrazine groups is 1. The van der Waals surface area contributed by atoms with E-state index in [1.54, 1.807) is 18.2 Å². The fourth-order valence-electron chi connectivity index (χ4n) is 2.41. The lowest BCUT2D eigenvalue weighted by atomic mass is 10.0. The number of hydrogen-bond acceptors (Lipinski definition) is 6. The molecule has 0 aliphatic carbocycles. The molecular formula is C13H13N5O3. The maximum atomic E-state index is 12.0. The van der Waals surface area contributed by atoms with Crippen molar-refractivity contribution in [2.75, 3.05) is 0 Å². The summed E-state index contributed by atoms with van der Waals surface area (Å²) in [5.41, 5.74) is 4.54. The zero-order chi connectivity index (χ0) is 15.0. The number of hydrogen-bond donors (Lipinski definition) is 3. The zero-order valence-electron chi connectivity index (χ0n) is 11.0. The molecule has 0 radical (unpaired) electrons. The Morgan fingerprint density at radius 3 is 2.95 bits per heavy atom. The van der Waals surface area contributed by atoms with Gasteiger partial charge in [0.15, 0.2) is 5.69 Å². The number of rotatable bonds is 2. The number of nitrogens with zero attached hydrogens (tertiary/aromatic N) is 3.